The molecule has 1 aromatic carbocycles. The summed E-state index contributed by atoms with van der Waals surface area (Å²) >= 11 is 0. The molecule has 1 N–H and O–H groups in total. The fourth-order valence-corrected chi connectivity index (χ4v) is 1.68. The molecule has 5 nitrogen and oxygen atoms in total. The van der Waals surface area contributed by atoms with Gasteiger partial charge in [0.05, 0.1) is 5.56 Å². The number of hydrogen-bond donors (Lipinski definition) is 1. The largest absolute Gasteiger partial charge is 0.320 e. The minimum absolute atomic E-state index is 0.174. The number of amides is 3. The first-order valence-electron chi connectivity index (χ1n) is 5.26. The van der Waals surface area contributed by atoms with Crippen LogP contribution in [0.1, 0.15) is 10.4 Å². The first-order chi connectivity index (χ1) is 9.31. The van der Waals surface area contributed by atoms with E-state index in [-0.39, 0.29) is 6.07 Å². The Morgan fingerprint density at radius 3 is 2.10 bits per heavy atom. The molecule has 0 bridgehead atoms. The summed E-state index contributed by atoms with van der Waals surface area (Å²) < 4.78 is 52.2. The highest BCUT2D eigenvalue weighted by Gasteiger charge is 2.31. The maximum absolute atomic E-state index is 13.4. The number of benzene rings is 1. The molecular formula is C11H6F4N2O3. The highest BCUT2D eigenvalue weighted by molar-refractivity contribution is 6.05. The van der Waals surface area contributed by atoms with Crippen molar-refractivity contribution in [3.05, 3.63) is 34.9 Å². The molecule has 0 atom stereocenters. The van der Waals surface area contributed by atoms with Crippen molar-refractivity contribution in [3.63, 3.8) is 0 Å². The average molecular weight is 290 g/mol. The number of imide groups is 1. The summed E-state index contributed by atoms with van der Waals surface area (Å²) in [6.45, 7) is -1.16. The first-order valence-corrected chi connectivity index (χ1v) is 5.26. The number of halogens is 4. The molecule has 1 aliphatic heterocycles. The van der Waals surface area contributed by atoms with Gasteiger partial charge in [0.2, 0.25) is 11.8 Å². The second kappa shape index (κ2) is 4.91. The molecule has 0 saturated carbocycles. The summed E-state index contributed by atoms with van der Waals surface area (Å²) in [6, 6.07) is 0.174. The number of hydrogen-bond acceptors (Lipinski definition) is 3. The Balaban J connectivity index is 2.39. The third kappa shape index (κ3) is 2.33. The molecule has 20 heavy (non-hydrogen) atoms. The monoisotopic (exact) mass is 290 g/mol. The van der Waals surface area contributed by atoms with Crippen LogP contribution in [-0.2, 0) is 9.59 Å². The van der Waals surface area contributed by atoms with Crippen LogP contribution < -0.4 is 5.32 Å². The molecule has 1 saturated heterocycles. The second-order valence-electron chi connectivity index (χ2n) is 3.98. The Labute approximate surface area is 109 Å². The maximum atomic E-state index is 13.4. The summed E-state index contributed by atoms with van der Waals surface area (Å²) in [6.07, 6.45) is 0. The van der Waals surface area contributed by atoms with E-state index in [1.807, 2.05) is 5.32 Å². The highest BCUT2D eigenvalue weighted by Crippen LogP contribution is 2.20. The van der Waals surface area contributed by atoms with Crippen molar-refractivity contribution in [2.24, 2.45) is 0 Å². The van der Waals surface area contributed by atoms with Gasteiger partial charge in [-0.2, -0.15) is 0 Å². The van der Waals surface area contributed by atoms with Gasteiger partial charge >= 0.3 is 0 Å². The van der Waals surface area contributed by atoms with Gasteiger partial charge in [-0.15, -0.1) is 0 Å². The number of rotatable bonds is 1. The average Bonchev–Trinajstić information content (AvgIpc) is 2.38. The smallest absolute Gasteiger partial charge is 0.257 e. The lowest BCUT2D eigenvalue weighted by Crippen LogP contribution is -2.53. The highest BCUT2D eigenvalue weighted by atomic mass is 19.2. The van der Waals surface area contributed by atoms with Crippen LogP contribution in [0.4, 0.5) is 17.6 Å². The van der Waals surface area contributed by atoms with E-state index >= 15 is 0 Å². The van der Waals surface area contributed by atoms with Gasteiger partial charge in [0.15, 0.2) is 23.3 Å². The normalized spacial score (nSPS) is 15.3. The van der Waals surface area contributed by atoms with Crippen molar-refractivity contribution >= 4 is 17.7 Å². The lowest BCUT2D eigenvalue weighted by atomic mass is 10.1. The second-order valence-corrected chi connectivity index (χ2v) is 3.98. The van der Waals surface area contributed by atoms with Crippen LogP contribution >= 0.6 is 0 Å². The lowest BCUT2D eigenvalue weighted by Gasteiger charge is -2.25. The van der Waals surface area contributed by atoms with Crippen molar-refractivity contribution in [1.29, 1.82) is 0 Å². The van der Waals surface area contributed by atoms with E-state index in [0.717, 1.165) is 0 Å². The first kappa shape index (κ1) is 14.0. The Morgan fingerprint density at radius 2 is 1.55 bits per heavy atom. The zero-order chi connectivity index (χ0) is 15.0. The van der Waals surface area contributed by atoms with E-state index in [0.29, 0.717) is 4.90 Å². The molecule has 1 fully saturated rings. The molecule has 0 aliphatic carbocycles. The van der Waals surface area contributed by atoms with Gasteiger partial charge in [-0.1, -0.05) is 0 Å². The van der Waals surface area contributed by atoms with E-state index in [4.69, 9.17) is 0 Å². The SMILES string of the molecule is O=C1CN(C(=O)c2cc(F)c(F)c(F)c2F)CC(=O)N1. The standard InChI is InChI=1S/C11H6F4N2O3/c12-5-1-4(8(13)10(15)9(5)14)11(20)17-2-6(18)16-7(19)3-17/h1H,2-3H2,(H,16,18,19). The molecule has 1 aromatic rings. The Hall–Kier alpha value is -2.45. The van der Waals surface area contributed by atoms with Crippen LogP contribution in [0.25, 0.3) is 0 Å². The molecular weight excluding hydrogens is 284 g/mol. The van der Waals surface area contributed by atoms with Gasteiger partial charge in [-0.25, -0.2) is 17.6 Å². The summed E-state index contributed by atoms with van der Waals surface area (Å²) in [7, 11) is 0. The quantitative estimate of drug-likeness (QED) is 0.351. The van der Waals surface area contributed by atoms with Crippen LogP contribution in [0.2, 0.25) is 0 Å². The molecule has 9 heteroatoms. The van der Waals surface area contributed by atoms with Gasteiger partial charge in [0.1, 0.15) is 13.1 Å². The number of piperazine rings is 1. The third-order valence-electron chi connectivity index (χ3n) is 2.57. The predicted molar refractivity (Wildman–Crippen MR) is 55.3 cm³/mol. The molecule has 2 rings (SSSR count). The summed E-state index contributed by atoms with van der Waals surface area (Å²) in [5.74, 6) is -10.8. The fourth-order valence-electron chi connectivity index (χ4n) is 1.68. The van der Waals surface area contributed by atoms with Crippen molar-refractivity contribution in [1.82, 2.24) is 10.2 Å². The van der Waals surface area contributed by atoms with Crippen LogP contribution in [0, 0.1) is 23.3 Å². The molecule has 1 aliphatic rings. The minimum atomic E-state index is -2.14. The molecule has 0 aromatic heterocycles. The number of nitrogens with zero attached hydrogens (tertiary/aromatic N) is 1. The fraction of sp³-hybridized carbons (Fsp3) is 0.182. The number of carbonyl (C=O) groups excluding carboxylic acids is 3. The van der Waals surface area contributed by atoms with Crippen molar-refractivity contribution in [3.8, 4) is 0 Å². The van der Waals surface area contributed by atoms with Gasteiger partial charge in [0, 0.05) is 0 Å². The number of carbonyl (C=O) groups is 3. The van der Waals surface area contributed by atoms with E-state index in [1.165, 1.54) is 0 Å². The lowest BCUT2D eigenvalue weighted by molar-refractivity contribution is -0.135. The Bertz CT molecular complexity index is 617. The molecule has 1 heterocycles. The van der Waals surface area contributed by atoms with Gasteiger partial charge in [-0.3, -0.25) is 19.7 Å². The zero-order valence-corrected chi connectivity index (χ0v) is 9.68. The molecule has 0 unspecified atom stereocenters. The molecule has 106 valence electrons. The van der Waals surface area contributed by atoms with Gasteiger partial charge in [0.25, 0.3) is 5.91 Å². The van der Waals surface area contributed by atoms with E-state index in [2.05, 4.69) is 0 Å². The van der Waals surface area contributed by atoms with E-state index in [1.54, 1.807) is 0 Å². The summed E-state index contributed by atoms with van der Waals surface area (Å²) in [5, 5.41) is 1.89. The third-order valence-corrected chi connectivity index (χ3v) is 2.57. The van der Waals surface area contributed by atoms with Crippen molar-refractivity contribution in [2.45, 2.75) is 0 Å². The Kier molecular flexibility index (Phi) is 3.43. The van der Waals surface area contributed by atoms with E-state index < -0.39 is 59.6 Å². The topological polar surface area (TPSA) is 66.5 Å². The van der Waals surface area contributed by atoms with Gasteiger partial charge in [-0.05, 0) is 6.07 Å². The Morgan fingerprint density at radius 1 is 1.00 bits per heavy atom. The van der Waals surface area contributed by atoms with Crippen molar-refractivity contribution < 1.29 is 31.9 Å². The van der Waals surface area contributed by atoms with Crippen LogP contribution in [-0.4, -0.2) is 35.7 Å². The van der Waals surface area contributed by atoms with Crippen molar-refractivity contribution in [2.75, 3.05) is 13.1 Å². The predicted octanol–water partition coefficient (Wildman–Crippen LogP) is 0.342. The van der Waals surface area contributed by atoms with Crippen LogP contribution in [0.15, 0.2) is 6.07 Å². The minimum Gasteiger partial charge on any atom is -0.320 e. The summed E-state index contributed by atoms with van der Waals surface area (Å²) in [4.78, 5) is 34.5. The number of nitrogens with one attached hydrogen (secondary N) is 1. The van der Waals surface area contributed by atoms with E-state index in [9.17, 15) is 31.9 Å². The zero-order valence-electron chi connectivity index (χ0n) is 9.68. The maximum Gasteiger partial charge on any atom is 0.257 e. The molecule has 0 radical (unpaired) electrons. The van der Waals surface area contributed by atoms with Gasteiger partial charge < -0.3 is 4.90 Å². The molecule has 3 amide bonds. The van der Waals surface area contributed by atoms with Crippen LogP contribution in [0.3, 0.4) is 0 Å². The summed E-state index contributed by atoms with van der Waals surface area (Å²) in [5.41, 5.74) is -1.09. The molecule has 0 spiro atoms. The van der Waals surface area contributed by atoms with Crippen LogP contribution in [0.5, 0.6) is 0 Å².